The molecule has 2 rings (SSSR count). The van der Waals surface area contributed by atoms with Crippen molar-refractivity contribution in [1.29, 1.82) is 0 Å². The van der Waals surface area contributed by atoms with Gasteiger partial charge in [0.15, 0.2) is 11.6 Å². The molecule has 1 saturated heterocycles. The molecule has 3 N–H and O–H groups in total. The molecule has 6 nitrogen and oxygen atoms in total. The maximum absolute atomic E-state index is 10.9. The van der Waals surface area contributed by atoms with Crippen LogP contribution in [0.5, 0.6) is 0 Å². The van der Waals surface area contributed by atoms with Crippen molar-refractivity contribution in [3.05, 3.63) is 11.3 Å². The number of carboxylic acid groups (broad SMARTS) is 1. The maximum atomic E-state index is 10.9. The number of rotatable bonds is 2. The van der Waals surface area contributed by atoms with Crippen LogP contribution >= 0.6 is 0 Å². The van der Waals surface area contributed by atoms with Gasteiger partial charge in [-0.15, -0.1) is 0 Å². The summed E-state index contributed by atoms with van der Waals surface area (Å²) in [6, 6.07) is 0. The molecule has 1 aliphatic heterocycles. The number of aromatic carboxylic acids is 1. The van der Waals surface area contributed by atoms with Crippen LogP contribution in [0.1, 0.15) is 28.5 Å². The van der Waals surface area contributed by atoms with Crippen LogP contribution in [0.2, 0.25) is 0 Å². The van der Waals surface area contributed by atoms with Gasteiger partial charge in [-0.3, -0.25) is 0 Å². The van der Waals surface area contributed by atoms with Crippen LogP contribution < -0.4 is 5.73 Å². The maximum Gasteiger partial charge on any atom is 0.343 e. The number of likely N-dealkylation sites (tertiary alicyclic amines) is 1. The molecule has 0 bridgehead atoms. The van der Waals surface area contributed by atoms with Gasteiger partial charge in [0.2, 0.25) is 0 Å². The Morgan fingerprint density at radius 1 is 1.73 bits per heavy atom. The molecule has 0 radical (unpaired) electrons. The number of carbonyl (C=O) groups is 1. The van der Waals surface area contributed by atoms with Gasteiger partial charge in [0.05, 0.1) is 0 Å². The van der Waals surface area contributed by atoms with Crippen molar-refractivity contribution in [2.75, 3.05) is 25.9 Å². The van der Waals surface area contributed by atoms with Gasteiger partial charge >= 0.3 is 5.97 Å². The fraction of sp³-hybridized carbons (Fsp3) is 0.556. The summed E-state index contributed by atoms with van der Waals surface area (Å²) >= 11 is 0. The monoisotopic (exact) mass is 211 g/mol. The molecule has 1 fully saturated rings. The first kappa shape index (κ1) is 9.97. The smallest absolute Gasteiger partial charge is 0.343 e. The number of nitrogens with zero attached hydrogens (tertiary/aromatic N) is 2. The molecule has 1 unspecified atom stereocenters. The number of nitrogen functional groups attached to an aromatic ring is 1. The van der Waals surface area contributed by atoms with Gasteiger partial charge in [-0.05, 0) is 20.0 Å². The summed E-state index contributed by atoms with van der Waals surface area (Å²) in [4.78, 5) is 13.1. The van der Waals surface area contributed by atoms with E-state index in [-0.39, 0.29) is 17.3 Å². The number of nitrogens with two attached hydrogens (primary N) is 1. The second kappa shape index (κ2) is 3.54. The van der Waals surface area contributed by atoms with Crippen molar-refractivity contribution in [1.82, 2.24) is 10.1 Å². The fourth-order valence-electron chi connectivity index (χ4n) is 1.96. The molecule has 82 valence electrons. The summed E-state index contributed by atoms with van der Waals surface area (Å²) in [7, 11) is 1.99. The molecule has 0 aromatic carbocycles. The average molecular weight is 211 g/mol. The largest absolute Gasteiger partial charge is 0.477 e. The molecule has 0 spiro atoms. The summed E-state index contributed by atoms with van der Waals surface area (Å²) in [5.74, 6) is -0.611. The van der Waals surface area contributed by atoms with Crippen molar-refractivity contribution in [3.8, 4) is 0 Å². The minimum atomic E-state index is -1.07. The highest BCUT2D eigenvalue weighted by Crippen LogP contribution is 2.31. The first-order valence-electron chi connectivity index (χ1n) is 4.76. The van der Waals surface area contributed by atoms with Gasteiger partial charge in [0.1, 0.15) is 5.56 Å². The molecular formula is C9H13N3O3. The van der Waals surface area contributed by atoms with E-state index in [1.807, 2.05) is 7.05 Å². The molecule has 6 heteroatoms. The normalized spacial score (nSPS) is 22.1. The van der Waals surface area contributed by atoms with Gasteiger partial charge in [-0.1, -0.05) is 5.16 Å². The quantitative estimate of drug-likeness (QED) is 0.734. The number of anilines is 1. The van der Waals surface area contributed by atoms with E-state index >= 15 is 0 Å². The van der Waals surface area contributed by atoms with Crippen LogP contribution in [0.25, 0.3) is 0 Å². The Morgan fingerprint density at radius 3 is 3.00 bits per heavy atom. The fourth-order valence-corrected chi connectivity index (χ4v) is 1.96. The molecule has 2 heterocycles. The van der Waals surface area contributed by atoms with Crippen molar-refractivity contribution < 1.29 is 14.4 Å². The van der Waals surface area contributed by atoms with Crippen LogP contribution in [0.3, 0.4) is 0 Å². The highest BCUT2D eigenvalue weighted by atomic mass is 16.5. The highest BCUT2D eigenvalue weighted by molar-refractivity contribution is 5.93. The van der Waals surface area contributed by atoms with Crippen LogP contribution in [0.15, 0.2) is 4.52 Å². The number of aromatic nitrogens is 1. The average Bonchev–Trinajstić information content (AvgIpc) is 2.71. The van der Waals surface area contributed by atoms with E-state index in [4.69, 9.17) is 15.4 Å². The van der Waals surface area contributed by atoms with E-state index in [0.29, 0.717) is 5.76 Å². The standard InChI is InChI=1S/C9H13N3O3/c1-12-3-2-5(4-12)7-6(9(13)14)8(10)11-15-7/h5H,2-4H2,1H3,(H2,10,11)(H,13,14). The van der Waals surface area contributed by atoms with Gasteiger partial charge < -0.3 is 20.3 Å². The van der Waals surface area contributed by atoms with E-state index in [2.05, 4.69) is 10.1 Å². The number of hydrogen-bond donors (Lipinski definition) is 2. The predicted molar refractivity (Wildman–Crippen MR) is 52.7 cm³/mol. The van der Waals surface area contributed by atoms with Crippen molar-refractivity contribution in [3.63, 3.8) is 0 Å². The van der Waals surface area contributed by atoms with E-state index in [1.165, 1.54) is 0 Å². The molecule has 0 aliphatic carbocycles. The first-order valence-corrected chi connectivity index (χ1v) is 4.76. The second-order valence-electron chi connectivity index (χ2n) is 3.86. The molecule has 0 saturated carbocycles. The van der Waals surface area contributed by atoms with Gasteiger partial charge in [0, 0.05) is 12.5 Å². The molecule has 1 atom stereocenters. The molecular weight excluding hydrogens is 198 g/mol. The SMILES string of the molecule is CN1CCC(c2onc(N)c2C(=O)O)C1. The Bertz CT molecular complexity index is 388. The molecule has 0 amide bonds. The minimum Gasteiger partial charge on any atom is -0.477 e. The third-order valence-electron chi connectivity index (χ3n) is 2.72. The number of hydrogen-bond acceptors (Lipinski definition) is 5. The molecule has 1 aliphatic rings. The van der Waals surface area contributed by atoms with Crippen molar-refractivity contribution in [2.45, 2.75) is 12.3 Å². The van der Waals surface area contributed by atoms with E-state index in [1.54, 1.807) is 0 Å². The lowest BCUT2D eigenvalue weighted by Crippen LogP contribution is -2.14. The predicted octanol–water partition coefficient (Wildman–Crippen LogP) is 0.374. The van der Waals surface area contributed by atoms with Crippen LogP contribution in [-0.4, -0.2) is 41.3 Å². The Balaban J connectivity index is 2.32. The minimum absolute atomic E-state index is 0.0234. The molecule has 1 aromatic rings. The topological polar surface area (TPSA) is 92.6 Å². The van der Waals surface area contributed by atoms with Crippen LogP contribution in [-0.2, 0) is 0 Å². The van der Waals surface area contributed by atoms with Crippen molar-refractivity contribution in [2.24, 2.45) is 0 Å². The Kier molecular flexibility index (Phi) is 2.36. The zero-order valence-corrected chi connectivity index (χ0v) is 8.43. The van der Waals surface area contributed by atoms with E-state index in [0.717, 1.165) is 19.5 Å². The Morgan fingerprint density at radius 2 is 2.47 bits per heavy atom. The lowest BCUT2D eigenvalue weighted by molar-refractivity contribution is 0.0694. The zero-order valence-electron chi connectivity index (χ0n) is 8.43. The highest BCUT2D eigenvalue weighted by Gasteiger charge is 2.31. The lowest BCUT2D eigenvalue weighted by Gasteiger charge is -2.07. The number of likely N-dealkylation sites (N-methyl/N-ethyl adjacent to an activating group) is 1. The van der Waals surface area contributed by atoms with Crippen LogP contribution in [0, 0.1) is 0 Å². The van der Waals surface area contributed by atoms with Gasteiger partial charge in [0.25, 0.3) is 0 Å². The summed E-state index contributed by atoms with van der Waals surface area (Å²) in [6.45, 7) is 1.72. The Labute approximate surface area is 86.6 Å². The molecule has 1 aromatic heterocycles. The lowest BCUT2D eigenvalue weighted by atomic mass is 10.0. The third kappa shape index (κ3) is 1.68. The molecule has 15 heavy (non-hydrogen) atoms. The Hall–Kier alpha value is -1.56. The summed E-state index contributed by atoms with van der Waals surface area (Å²) in [5, 5.41) is 12.5. The van der Waals surface area contributed by atoms with Crippen molar-refractivity contribution >= 4 is 11.8 Å². The first-order chi connectivity index (χ1) is 7.09. The van der Waals surface area contributed by atoms with Gasteiger partial charge in [-0.2, -0.15) is 0 Å². The zero-order chi connectivity index (χ0) is 11.0. The third-order valence-corrected chi connectivity index (χ3v) is 2.72. The van der Waals surface area contributed by atoms with E-state index in [9.17, 15) is 4.79 Å². The van der Waals surface area contributed by atoms with Crippen LogP contribution in [0.4, 0.5) is 5.82 Å². The summed E-state index contributed by atoms with van der Waals surface area (Å²) in [6.07, 6.45) is 0.880. The summed E-state index contributed by atoms with van der Waals surface area (Å²) in [5.41, 5.74) is 5.47. The number of carboxylic acids is 1. The summed E-state index contributed by atoms with van der Waals surface area (Å²) < 4.78 is 5.01. The van der Waals surface area contributed by atoms with E-state index < -0.39 is 5.97 Å². The van der Waals surface area contributed by atoms with Gasteiger partial charge in [-0.25, -0.2) is 4.79 Å². The second-order valence-corrected chi connectivity index (χ2v) is 3.86.